The quantitative estimate of drug-likeness (QED) is 0.510. The number of fused-ring (bicyclic) bond motifs is 1. The van der Waals surface area contributed by atoms with Crippen LogP contribution in [0.3, 0.4) is 0 Å². The van der Waals surface area contributed by atoms with E-state index in [-0.39, 0.29) is 5.56 Å². The van der Waals surface area contributed by atoms with E-state index in [1.165, 1.54) is 5.56 Å². The summed E-state index contributed by atoms with van der Waals surface area (Å²) in [5.74, 6) is 0.616. The second kappa shape index (κ2) is 7.04. The first-order valence-corrected chi connectivity index (χ1v) is 8.95. The van der Waals surface area contributed by atoms with Crippen molar-refractivity contribution in [1.29, 1.82) is 0 Å². The van der Waals surface area contributed by atoms with Crippen molar-refractivity contribution in [3.05, 3.63) is 106 Å². The van der Waals surface area contributed by atoms with Crippen LogP contribution in [0.4, 0.5) is 0 Å². The average Bonchev–Trinajstić information content (AvgIpc) is 2.68. The molecule has 27 heavy (non-hydrogen) atoms. The van der Waals surface area contributed by atoms with Gasteiger partial charge in [0.15, 0.2) is 0 Å². The number of aromatic nitrogens is 2. The number of para-hydroxylation sites is 1. The van der Waals surface area contributed by atoms with Crippen LogP contribution in [0.2, 0.25) is 0 Å². The molecule has 0 amide bonds. The zero-order valence-corrected chi connectivity index (χ0v) is 15.4. The Morgan fingerprint density at radius 2 is 1.59 bits per heavy atom. The standard InChI is InChI=1S/C24H20N2O/c1-17-10-12-19(13-11-17)14-15-23-25-22-9-4-3-8-21(22)24(27)26(23)20-7-5-6-18(2)16-20/h3-16H,1-2H3. The van der Waals surface area contributed by atoms with Crippen LogP contribution in [0.15, 0.2) is 77.6 Å². The zero-order valence-electron chi connectivity index (χ0n) is 15.4. The Hall–Kier alpha value is -3.46. The van der Waals surface area contributed by atoms with Crippen molar-refractivity contribution in [2.24, 2.45) is 0 Å². The van der Waals surface area contributed by atoms with Gasteiger partial charge in [0.2, 0.25) is 0 Å². The van der Waals surface area contributed by atoms with Crippen LogP contribution in [0.1, 0.15) is 22.5 Å². The van der Waals surface area contributed by atoms with Gasteiger partial charge < -0.3 is 0 Å². The largest absolute Gasteiger partial charge is 0.268 e. The lowest BCUT2D eigenvalue weighted by Gasteiger charge is -2.12. The summed E-state index contributed by atoms with van der Waals surface area (Å²) >= 11 is 0. The van der Waals surface area contributed by atoms with Crippen molar-refractivity contribution < 1.29 is 0 Å². The summed E-state index contributed by atoms with van der Waals surface area (Å²) in [7, 11) is 0. The van der Waals surface area contributed by atoms with Crippen molar-refractivity contribution in [3.8, 4) is 5.69 Å². The third-order valence-electron chi connectivity index (χ3n) is 4.56. The van der Waals surface area contributed by atoms with Gasteiger partial charge in [-0.15, -0.1) is 0 Å². The molecule has 3 heteroatoms. The van der Waals surface area contributed by atoms with Crippen LogP contribution in [-0.2, 0) is 0 Å². The average molecular weight is 352 g/mol. The third kappa shape index (κ3) is 3.44. The molecule has 0 radical (unpaired) electrons. The highest BCUT2D eigenvalue weighted by molar-refractivity contribution is 5.80. The van der Waals surface area contributed by atoms with E-state index in [0.717, 1.165) is 16.8 Å². The predicted molar refractivity (Wildman–Crippen MR) is 112 cm³/mol. The minimum absolute atomic E-state index is 0.0604. The van der Waals surface area contributed by atoms with E-state index < -0.39 is 0 Å². The van der Waals surface area contributed by atoms with Crippen LogP contribution >= 0.6 is 0 Å². The van der Waals surface area contributed by atoms with Gasteiger partial charge in [0.05, 0.1) is 16.6 Å². The number of benzene rings is 3. The molecule has 0 N–H and O–H groups in total. The summed E-state index contributed by atoms with van der Waals surface area (Å²) in [6.45, 7) is 4.08. The monoisotopic (exact) mass is 352 g/mol. The van der Waals surface area contributed by atoms with Crippen LogP contribution in [-0.4, -0.2) is 9.55 Å². The molecule has 0 atom stereocenters. The first-order valence-electron chi connectivity index (χ1n) is 8.95. The maximum Gasteiger partial charge on any atom is 0.266 e. The van der Waals surface area contributed by atoms with Gasteiger partial charge in [-0.3, -0.25) is 9.36 Å². The topological polar surface area (TPSA) is 34.9 Å². The van der Waals surface area contributed by atoms with Gasteiger partial charge in [0.25, 0.3) is 5.56 Å². The van der Waals surface area contributed by atoms with Crippen LogP contribution in [0.25, 0.3) is 28.7 Å². The van der Waals surface area contributed by atoms with Crippen molar-refractivity contribution in [2.45, 2.75) is 13.8 Å². The predicted octanol–water partition coefficient (Wildman–Crippen LogP) is 5.17. The molecule has 0 saturated carbocycles. The highest BCUT2D eigenvalue weighted by atomic mass is 16.1. The Morgan fingerprint density at radius 3 is 2.37 bits per heavy atom. The number of hydrogen-bond donors (Lipinski definition) is 0. The summed E-state index contributed by atoms with van der Waals surface area (Å²) in [5.41, 5.74) is 4.85. The molecule has 0 unspecified atom stereocenters. The van der Waals surface area contributed by atoms with Crippen molar-refractivity contribution in [3.63, 3.8) is 0 Å². The Bertz CT molecular complexity index is 1200. The van der Waals surface area contributed by atoms with Crippen LogP contribution in [0, 0.1) is 13.8 Å². The molecular formula is C24H20N2O. The SMILES string of the molecule is Cc1ccc(C=Cc2nc3ccccc3c(=O)n2-c2cccc(C)c2)cc1. The van der Waals surface area contributed by atoms with E-state index in [1.807, 2.05) is 67.6 Å². The van der Waals surface area contributed by atoms with Gasteiger partial charge >= 0.3 is 0 Å². The molecule has 3 aromatic carbocycles. The van der Waals surface area contributed by atoms with Gasteiger partial charge in [0.1, 0.15) is 5.82 Å². The number of aryl methyl sites for hydroxylation is 2. The number of hydrogen-bond acceptors (Lipinski definition) is 2. The smallest absolute Gasteiger partial charge is 0.266 e. The fourth-order valence-corrected chi connectivity index (χ4v) is 3.13. The highest BCUT2D eigenvalue weighted by Crippen LogP contribution is 2.16. The molecule has 4 rings (SSSR count). The zero-order chi connectivity index (χ0) is 18.8. The number of rotatable bonds is 3. The van der Waals surface area contributed by atoms with Crippen LogP contribution in [0.5, 0.6) is 0 Å². The van der Waals surface area contributed by atoms with Crippen LogP contribution < -0.4 is 5.56 Å². The molecule has 4 aromatic rings. The lowest BCUT2D eigenvalue weighted by atomic mass is 10.1. The van der Waals surface area contributed by atoms with E-state index in [1.54, 1.807) is 4.57 Å². The Morgan fingerprint density at radius 1 is 0.815 bits per heavy atom. The molecule has 1 heterocycles. The van der Waals surface area contributed by atoms with Gasteiger partial charge in [-0.25, -0.2) is 4.98 Å². The molecule has 0 fully saturated rings. The third-order valence-corrected chi connectivity index (χ3v) is 4.56. The molecule has 132 valence electrons. The maximum atomic E-state index is 13.2. The van der Waals surface area contributed by atoms with E-state index in [0.29, 0.717) is 16.7 Å². The van der Waals surface area contributed by atoms with Gasteiger partial charge in [0, 0.05) is 0 Å². The van der Waals surface area contributed by atoms with E-state index in [9.17, 15) is 4.79 Å². The summed E-state index contributed by atoms with van der Waals surface area (Å²) in [6.07, 6.45) is 3.89. The summed E-state index contributed by atoms with van der Waals surface area (Å²) < 4.78 is 1.68. The molecule has 1 aromatic heterocycles. The molecule has 0 aliphatic heterocycles. The maximum absolute atomic E-state index is 13.2. The van der Waals surface area contributed by atoms with Gasteiger partial charge in [-0.2, -0.15) is 0 Å². The number of nitrogens with zero attached hydrogens (tertiary/aromatic N) is 2. The Balaban J connectivity index is 1.93. The minimum Gasteiger partial charge on any atom is -0.268 e. The molecule has 0 aliphatic carbocycles. The van der Waals surface area contributed by atoms with E-state index >= 15 is 0 Å². The summed E-state index contributed by atoms with van der Waals surface area (Å²) in [4.78, 5) is 18.0. The molecule has 0 saturated heterocycles. The highest BCUT2D eigenvalue weighted by Gasteiger charge is 2.11. The lowest BCUT2D eigenvalue weighted by Crippen LogP contribution is -2.22. The Labute approximate surface area is 158 Å². The summed E-state index contributed by atoms with van der Waals surface area (Å²) in [5, 5.41) is 0.617. The molecular weight excluding hydrogens is 332 g/mol. The van der Waals surface area contributed by atoms with Crippen molar-refractivity contribution in [1.82, 2.24) is 9.55 Å². The molecule has 3 nitrogen and oxygen atoms in total. The fraction of sp³-hybridized carbons (Fsp3) is 0.0833. The van der Waals surface area contributed by atoms with Crippen molar-refractivity contribution >= 4 is 23.1 Å². The van der Waals surface area contributed by atoms with Gasteiger partial charge in [-0.1, -0.05) is 60.2 Å². The molecule has 0 spiro atoms. The van der Waals surface area contributed by atoms with Gasteiger partial charge in [-0.05, 0) is 55.3 Å². The van der Waals surface area contributed by atoms with E-state index in [2.05, 4.69) is 31.2 Å². The van der Waals surface area contributed by atoms with E-state index in [4.69, 9.17) is 4.98 Å². The Kier molecular flexibility index (Phi) is 4.43. The summed E-state index contributed by atoms with van der Waals surface area (Å²) in [6, 6.07) is 23.6. The molecule has 0 bridgehead atoms. The van der Waals surface area contributed by atoms with Crippen molar-refractivity contribution in [2.75, 3.05) is 0 Å². The minimum atomic E-state index is -0.0604. The second-order valence-electron chi connectivity index (χ2n) is 6.71. The first-order chi connectivity index (χ1) is 13.1. The normalized spacial score (nSPS) is 11.3. The fourth-order valence-electron chi connectivity index (χ4n) is 3.13. The lowest BCUT2D eigenvalue weighted by molar-refractivity contribution is 0.942. The molecule has 0 aliphatic rings. The second-order valence-corrected chi connectivity index (χ2v) is 6.71. The first kappa shape index (κ1) is 17.0.